The quantitative estimate of drug-likeness (QED) is 0.581. The van der Waals surface area contributed by atoms with Gasteiger partial charge in [0.25, 0.3) is 0 Å². The van der Waals surface area contributed by atoms with Gasteiger partial charge in [-0.2, -0.15) is 0 Å². The second-order valence-electron chi connectivity index (χ2n) is 4.03. The minimum absolute atomic E-state index is 0.0485. The van der Waals surface area contributed by atoms with E-state index in [0.29, 0.717) is 12.8 Å². The molecule has 0 fully saturated rings. The van der Waals surface area contributed by atoms with Gasteiger partial charge in [-0.3, -0.25) is 4.79 Å². The third-order valence-corrected chi connectivity index (χ3v) is 2.82. The number of phenolic OH excluding ortho intramolecular Hbond substituents is 2. The molecule has 0 aliphatic rings. The lowest BCUT2D eigenvalue weighted by atomic mass is 9.90. The number of nitrogens with two attached hydrogens (primary N) is 1. The number of benzene rings is 1. The first-order valence-corrected chi connectivity index (χ1v) is 5.46. The zero-order valence-electron chi connectivity index (χ0n) is 9.63. The van der Waals surface area contributed by atoms with Crippen molar-refractivity contribution in [1.29, 1.82) is 0 Å². The summed E-state index contributed by atoms with van der Waals surface area (Å²) in [5, 5.41) is 27.3. The van der Waals surface area contributed by atoms with E-state index in [9.17, 15) is 15.0 Å². The van der Waals surface area contributed by atoms with E-state index >= 15 is 0 Å². The van der Waals surface area contributed by atoms with Crippen molar-refractivity contribution in [3.8, 4) is 11.5 Å². The largest absolute Gasteiger partial charge is 0.504 e. The zero-order valence-corrected chi connectivity index (χ0v) is 9.63. The topological polar surface area (TPSA) is 104 Å². The third-order valence-electron chi connectivity index (χ3n) is 2.82. The van der Waals surface area contributed by atoms with Crippen LogP contribution in [0.1, 0.15) is 31.2 Å². The van der Waals surface area contributed by atoms with Crippen molar-refractivity contribution in [3.05, 3.63) is 23.8 Å². The molecule has 0 aromatic heterocycles. The predicted molar refractivity (Wildman–Crippen MR) is 63.0 cm³/mol. The first-order chi connectivity index (χ1) is 7.95. The second kappa shape index (κ2) is 5.54. The lowest BCUT2D eigenvalue weighted by Gasteiger charge is -2.18. The number of carboxylic acid groups (broad SMARTS) is 1. The molecule has 5 N–H and O–H groups in total. The van der Waals surface area contributed by atoms with Gasteiger partial charge in [0.2, 0.25) is 0 Å². The maximum absolute atomic E-state index is 10.7. The van der Waals surface area contributed by atoms with E-state index in [1.807, 2.05) is 6.92 Å². The Bertz CT molecular complexity index is 405. The fourth-order valence-electron chi connectivity index (χ4n) is 1.74. The number of rotatable bonds is 5. The van der Waals surface area contributed by atoms with Crippen molar-refractivity contribution >= 4 is 5.97 Å². The highest BCUT2D eigenvalue weighted by Gasteiger charge is 2.19. The number of aliphatic carboxylic acids is 1. The fraction of sp³-hybridized carbons (Fsp3) is 0.417. The summed E-state index contributed by atoms with van der Waals surface area (Å²) < 4.78 is 0. The van der Waals surface area contributed by atoms with E-state index in [0.717, 1.165) is 5.56 Å². The molecule has 2 atom stereocenters. The highest BCUT2D eigenvalue weighted by molar-refractivity contribution is 5.73. The minimum Gasteiger partial charge on any atom is -0.504 e. The standard InChI is InChI=1S/C12H17NO4/c1-2-7(5-9(13)12(16)17)8-3-4-10(14)11(15)6-8/h3-4,6-7,9,14-15H,2,5,13H2,1H3,(H,16,17). The summed E-state index contributed by atoms with van der Waals surface area (Å²) in [6, 6.07) is 3.58. The molecule has 0 spiro atoms. The summed E-state index contributed by atoms with van der Waals surface area (Å²) in [6.45, 7) is 1.92. The maximum Gasteiger partial charge on any atom is 0.320 e. The second-order valence-corrected chi connectivity index (χ2v) is 4.03. The molecule has 0 aliphatic carbocycles. The smallest absolute Gasteiger partial charge is 0.320 e. The number of hydrogen-bond acceptors (Lipinski definition) is 4. The van der Waals surface area contributed by atoms with Crippen molar-refractivity contribution in [2.75, 3.05) is 0 Å². The number of hydrogen-bond donors (Lipinski definition) is 4. The molecule has 0 amide bonds. The lowest BCUT2D eigenvalue weighted by Crippen LogP contribution is -2.31. The summed E-state index contributed by atoms with van der Waals surface area (Å²) >= 11 is 0. The molecule has 17 heavy (non-hydrogen) atoms. The SMILES string of the molecule is CCC(CC(N)C(=O)O)c1ccc(O)c(O)c1. The van der Waals surface area contributed by atoms with Crippen molar-refractivity contribution in [2.45, 2.75) is 31.7 Å². The Balaban J connectivity index is 2.86. The van der Waals surface area contributed by atoms with E-state index in [-0.39, 0.29) is 17.4 Å². The van der Waals surface area contributed by atoms with E-state index in [1.54, 1.807) is 6.07 Å². The van der Waals surface area contributed by atoms with Crippen LogP contribution in [0.15, 0.2) is 18.2 Å². The van der Waals surface area contributed by atoms with Crippen LogP contribution in [0.4, 0.5) is 0 Å². The predicted octanol–water partition coefficient (Wildman–Crippen LogP) is 1.39. The normalized spacial score (nSPS) is 14.2. The van der Waals surface area contributed by atoms with Crippen molar-refractivity contribution in [2.24, 2.45) is 5.73 Å². The zero-order chi connectivity index (χ0) is 13.0. The van der Waals surface area contributed by atoms with Gasteiger partial charge in [0.05, 0.1) is 0 Å². The highest BCUT2D eigenvalue weighted by Crippen LogP contribution is 2.31. The van der Waals surface area contributed by atoms with Gasteiger partial charge in [0.15, 0.2) is 11.5 Å². The molecule has 1 rings (SSSR count). The average Bonchev–Trinajstić information content (AvgIpc) is 2.29. The highest BCUT2D eigenvalue weighted by atomic mass is 16.4. The molecule has 0 heterocycles. The first-order valence-electron chi connectivity index (χ1n) is 5.46. The molecule has 5 nitrogen and oxygen atoms in total. The van der Waals surface area contributed by atoms with Gasteiger partial charge in [0.1, 0.15) is 6.04 Å². The van der Waals surface area contributed by atoms with Crippen LogP contribution in [0.5, 0.6) is 11.5 Å². The van der Waals surface area contributed by atoms with Crippen LogP contribution in [-0.4, -0.2) is 27.3 Å². The minimum atomic E-state index is -1.04. The molecular weight excluding hydrogens is 222 g/mol. The Morgan fingerprint density at radius 3 is 2.47 bits per heavy atom. The fourth-order valence-corrected chi connectivity index (χ4v) is 1.74. The van der Waals surface area contributed by atoms with Crippen LogP contribution in [-0.2, 0) is 4.79 Å². The van der Waals surface area contributed by atoms with Crippen molar-refractivity contribution in [1.82, 2.24) is 0 Å². The van der Waals surface area contributed by atoms with Gasteiger partial charge in [0, 0.05) is 0 Å². The molecule has 5 heteroatoms. The van der Waals surface area contributed by atoms with Crippen LogP contribution in [0.25, 0.3) is 0 Å². The molecule has 94 valence electrons. The third kappa shape index (κ3) is 3.35. The van der Waals surface area contributed by atoms with Crippen LogP contribution in [0, 0.1) is 0 Å². The van der Waals surface area contributed by atoms with Crippen LogP contribution in [0.3, 0.4) is 0 Å². The molecular formula is C12H17NO4. The number of carbonyl (C=O) groups is 1. The maximum atomic E-state index is 10.7. The molecule has 0 bridgehead atoms. The van der Waals surface area contributed by atoms with Gasteiger partial charge < -0.3 is 21.1 Å². The van der Waals surface area contributed by atoms with Gasteiger partial charge >= 0.3 is 5.97 Å². The summed E-state index contributed by atoms with van der Waals surface area (Å²) in [6.07, 6.45) is 1.02. The number of phenols is 2. The van der Waals surface area contributed by atoms with Gasteiger partial charge in [-0.25, -0.2) is 0 Å². The Kier molecular flexibility index (Phi) is 4.34. The summed E-state index contributed by atoms with van der Waals surface area (Å²) in [5.74, 6) is -1.48. The number of carboxylic acids is 1. The van der Waals surface area contributed by atoms with E-state index in [4.69, 9.17) is 10.8 Å². The summed E-state index contributed by atoms with van der Waals surface area (Å²) in [4.78, 5) is 10.7. The Labute approximate surface area is 99.5 Å². The Hall–Kier alpha value is -1.75. The van der Waals surface area contributed by atoms with Crippen molar-refractivity contribution < 1.29 is 20.1 Å². The van der Waals surface area contributed by atoms with E-state index in [1.165, 1.54) is 12.1 Å². The van der Waals surface area contributed by atoms with E-state index < -0.39 is 12.0 Å². The van der Waals surface area contributed by atoms with E-state index in [2.05, 4.69) is 0 Å². The summed E-state index contributed by atoms with van der Waals surface area (Å²) in [5.41, 5.74) is 6.26. The monoisotopic (exact) mass is 239 g/mol. The lowest BCUT2D eigenvalue weighted by molar-refractivity contribution is -0.138. The van der Waals surface area contributed by atoms with Crippen molar-refractivity contribution in [3.63, 3.8) is 0 Å². The molecule has 2 unspecified atom stereocenters. The molecule has 1 aromatic rings. The molecule has 0 aliphatic heterocycles. The molecule has 0 saturated heterocycles. The van der Waals surface area contributed by atoms with Gasteiger partial charge in [-0.15, -0.1) is 0 Å². The molecule has 0 saturated carbocycles. The Morgan fingerprint density at radius 2 is 2.00 bits per heavy atom. The first kappa shape index (κ1) is 13.3. The van der Waals surface area contributed by atoms with Crippen LogP contribution >= 0.6 is 0 Å². The average molecular weight is 239 g/mol. The molecule has 0 radical (unpaired) electrons. The molecule has 1 aromatic carbocycles. The Morgan fingerprint density at radius 1 is 1.35 bits per heavy atom. The van der Waals surface area contributed by atoms with Gasteiger partial charge in [-0.05, 0) is 36.5 Å². The van der Waals surface area contributed by atoms with Crippen LogP contribution < -0.4 is 5.73 Å². The van der Waals surface area contributed by atoms with Gasteiger partial charge in [-0.1, -0.05) is 13.0 Å². The summed E-state index contributed by atoms with van der Waals surface area (Å²) in [7, 11) is 0. The number of aromatic hydroxyl groups is 2. The van der Waals surface area contributed by atoms with Crippen LogP contribution in [0.2, 0.25) is 0 Å².